The zero-order chi connectivity index (χ0) is 19.0. The molecule has 0 saturated heterocycles. The van der Waals surface area contributed by atoms with E-state index >= 15 is 0 Å². The van der Waals surface area contributed by atoms with Crippen molar-refractivity contribution in [2.75, 3.05) is 5.32 Å². The van der Waals surface area contributed by atoms with Gasteiger partial charge in [0.1, 0.15) is 0 Å². The number of fused-ring (bicyclic) bond motifs is 1. The predicted octanol–water partition coefficient (Wildman–Crippen LogP) is 4.05. The van der Waals surface area contributed by atoms with Gasteiger partial charge in [-0.2, -0.15) is 13.8 Å². The molecule has 1 N–H and O–H groups in total. The lowest BCUT2D eigenvalue weighted by Gasteiger charge is -2.13. The lowest BCUT2D eigenvalue weighted by atomic mass is 9.98. The van der Waals surface area contributed by atoms with Crippen LogP contribution < -0.4 is 5.32 Å². The van der Waals surface area contributed by atoms with Gasteiger partial charge in [-0.1, -0.05) is 17.3 Å². The third kappa shape index (κ3) is 3.42. The molecule has 0 unspecified atom stereocenters. The summed E-state index contributed by atoms with van der Waals surface area (Å²) >= 11 is 0. The average molecular weight is 370 g/mol. The Morgan fingerprint density at radius 3 is 2.89 bits per heavy atom. The van der Waals surface area contributed by atoms with Gasteiger partial charge in [-0.25, -0.2) is 0 Å². The predicted molar refractivity (Wildman–Crippen MR) is 93.4 cm³/mol. The first-order valence-electron chi connectivity index (χ1n) is 8.50. The van der Waals surface area contributed by atoms with Crippen LogP contribution in [0.1, 0.15) is 41.5 Å². The van der Waals surface area contributed by atoms with E-state index in [4.69, 9.17) is 0 Å². The summed E-state index contributed by atoms with van der Waals surface area (Å²) in [4.78, 5) is 20.5. The van der Waals surface area contributed by atoms with Crippen molar-refractivity contribution in [1.29, 1.82) is 0 Å². The number of nitrogens with one attached hydrogen (secondary N) is 1. The molecule has 0 saturated carbocycles. The van der Waals surface area contributed by atoms with E-state index in [-0.39, 0.29) is 17.6 Å². The molecule has 0 aliphatic heterocycles. The Morgan fingerprint density at radius 2 is 2.15 bits per heavy atom. The van der Waals surface area contributed by atoms with Crippen LogP contribution in [0.3, 0.4) is 0 Å². The van der Waals surface area contributed by atoms with Gasteiger partial charge in [-0.15, -0.1) is 0 Å². The van der Waals surface area contributed by atoms with Crippen LogP contribution in [-0.2, 0) is 11.2 Å². The summed E-state index contributed by atoms with van der Waals surface area (Å²) in [6.45, 7) is 1.86. The maximum absolute atomic E-state index is 12.7. The number of benzene rings is 1. The molecule has 1 amide bonds. The number of carbonyl (C=O) groups is 1. The van der Waals surface area contributed by atoms with Crippen LogP contribution in [0.25, 0.3) is 11.4 Å². The van der Waals surface area contributed by atoms with Crippen molar-refractivity contribution < 1.29 is 18.1 Å². The third-order valence-corrected chi connectivity index (χ3v) is 4.59. The number of carbonyl (C=O) groups excluding carboxylic acids is 1. The quantitative estimate of drug-likeness (QED) is 0.749. The molecule has 6 nitrogen and oxygen atoms in total. The SMILES string of the molecule is Cc1cc(NC(=O)[C@H]2CCc3cc(-c4noc(C(F)F)n4)ccc32)ccn1. The minimum Gasteiger partial charge on any atom is -0.333 e. The van der Waals surface area contributed by atoms with Gasteiger partial charge < -0.3 is 9.84 Å². The molecule has 1 aliphatic rings. The van der Waals surface area contributed by atoms with E-state index < -0.39 is 12.3 Å². The van der Waals surface area contributed by atoms with Crippen molar-refractivity contribution in [3.63, 3.8) is 0 Å². The zero-order valence-corrected chi connectivity index (χ0v) is 14.4. The lowest BCUT2D eigenvalue weighted by Crippen LogP contribution is -2.19. The van der Waals surface area contributed by atoms with Crippen LogP contribution >= 0.6 is 0 Å². The highest BCUT2D eigenvalue weighted by atomic mass is 19.3. The molecule has 2 aromatic heterocycles. The summed E-state index contributed by atoms with van der Waals surface area (Å²) in [5.41, 5.74) is 4.05. The molecule has 27 heavy (non-hydrogen) atoms. The van der Waals surface area contributed by atoms with E-state index in [9.17, 15) is 13.6 Å². The van der Waals surface area contributed by atoms with Gasteiger partial charge in [-0.3, -0.25) is 9.78 Å². The summed E-state index contributed by atoms with van der Waals surface area (Å²) < 4.78 is 29.8. The van der Waals surface area contributed by atoms with Gasteiger partial charge in [0.15, 0.2) is 0 Å². The summed E-state index contributed by atoms with van der Waals surface area (Å²) in [6, 6.07) is 8.95. The van der Waals surface area contributed by atoms with Crippen LogP contribution in [0.4, 0.5) is 14.5 Å². The molecular formula is C19H16F2N4O2. The van der Waals surface area contributed by atoms with Crippen LogP contribution in [0.15, 0.2) is 41.1 Å². The molecule has 0 fully saturated rings. The van der Waals surface area contributed by atoms with Crippen LogP contribution in [0.2, 0.25) is 0 Å². The van der Waals surface area contributed by atoms with Gasteiger partial charge in [0, 0.05) is 23.1 Å². The Labute approximate surface area is 153 Å². The van der Waals surface area contributed by atoms with Gasteiger partial charge in [0.25, 0.3) is 5.89 Å². The summed E-state index contributed by atoms with van der Waals surface area (Å²) in [5, 5.41) is 6.53. The Balaban J connectivity index is 1.54. The first kappa shape index (κ1) is 17.3. The third-order valence-electron chi connectivity index (χ3n) is 4.59. The molecule has 0 spiro atoms. The normalized spacial score (nSPS) is 15.8. The lowest BCUT2D eigenvalue weighted by molar-refractivity contribution is -0.117. The van der Waals surface area contributed by atoms with Crippen molar-refractivity contribution in [2.24, 2.45) is 0 Å². The van der Waals surface area contributed by atoms with Crippen molar-refractivity contribution in [1.82, 2.24) is 15.1 Å². The molecule has 1 aliphatic carbocycles. The zero-order valence-electron chi connectivity index (χ0n) is 14.4. The van der Waals surface area contributed by atoms with Crippen molar-refractivity contribution >= 4 is 11.6 Å². The number of halogens is 2. The largest absolute Gasteiger partial charge is 0.333 e. The smallest absolute Gasteiger partial charge is 0.315 e. The van der Waals surface area contributed by atoms with Crippen LogP contribution in [-0.4, -0.2) is 21.0 Å². The fraction of sp³-hybridized carbons (Fsp3) is 0.263. The highest BCUT2D eigenvalue weighted by Gasteiger charge is 2.29. The Morgan fingerprint density at radius 1 is 1.30 bits per heavy atom. The average Bonchev–Trinajstić information content (AvgIpc) is 3.28. The van der Waals surface area contributed by atoms with Crippen molar-refractivity contribution in [3.05, 3.63) is 59.2 Å². The van der Waals surface area contributed by atoms with Gasteiger partial charge in [0.2, 0.25) is 11.7 Å². The van der Waals surface area contributed by atoms with E-state index in [0.29, 0.717) is 17.7 Å². The molecule has 0 bridgehead atoms. The van der Waals surface area contributed by atoms with Crippen LogP contribution in [0.5, 0.6) is 0 Å². The molecule has 0 radical (unpaired) electrons. The minimum absolute atomic E-state index is 0.0772. The summed E-state index contributed by atoms with van der Waals surface area (Å²) in [6.07, 6.45) is 0.253. The number of hydrogen-bond acceptors (Lipinski definition) is 5. The van der Waals surface area contributed by atoms with E-state index in [0.717, 1.165) is 23.2 Å². The van der Waals surface area contributed by atoms with E-state index in [1.165, 1.54) is 0 Å². The number of aromatic nitrogens is 3. The fourth-order valence-electron chi connectivity index (χ4n) is 3.32. The molecule has 8 heteroatoms. The second-order valence-corrected chi connectivity index (χ2v) is 6.44. The number of aryl methyl sites for hydroxylation is 2. The minimum atomic E-state index is -2.80. The monoisotopic (exact) mass is 370 g/mol. The standard InChI is InChI=1S/C19H16F2N4O2/c1-10-8-13(6-7-22-10)23-18(26)15-5-2-11-9-12(3-4-14(11)15)17-24-19(16(20)21)27-25-17/h3-4,6-9,15-16H,2,5H2,1H3,(H,22,23,26)/t15-/m0/s1. The molecule has 3 aromatic rings. The first-order chi connectivity index (χ1) is 13.0. The number of anilines is 1. The van der Waals surface area contributed by atoms with E-state index in [1.54, 1.807) is 18.3 Å². The molecular weight excluding hydrogens is 354 g/mol. The van der Waals surface area contributed by atoms with Gasteiger partial charge in [-0.05, 0) is 49.1 Å². The number of alkyl halides is 2. The second kappa shape index (κ2) is 6.86. The van der Waals surface area contributed by atoms with Crippen molar-refractivity contribution in [3.8, 4) is 11.4 Å². The molecule has 4 rings (SSSR count). The maximum Gasteiger partial charge on any atom is 0.315 e. The molecule has 2 heterocycles. The van der Waals surface area contributed by atoms with Crippen molar-refractivity contribution in [2.45, 2.75) is 32.1 Å². The molecule has 138 valence electrons. The van der Waals surface area contributed by atoms with Crippen LogP contribution in [0, 0.1) is 6.92 Å². The summed E-state index contributed by atoms with van der Waals surface area (Å²) in [7, 11) is 0. The Hall–Kier alpha value is -3.16. The Kier molecular flexibility index (Phi) is 4.39. The fourth-order valence-corrected chi connectivity index (χ4v) is 3.32. The summed E-state index contributed by atoms with van der Waals surface area (Å²) in [5.74, 6) is -0.917. The highest BCUT2D eigenvalue weighted by Crippen LogP contribution is 2.36. The number of rotatable bonds is 4. The number of hydrogen-bond donors (Lipinski definition) is 1. The molecule has 1 aromatic carbocycles. The Bertz CT molecular complexity index is 1000. The van der Waals surface area contributed by atoms with Gasteiger partial charge in [0.05, 0.1) is 5.92 Å². The van der Waals surface area contributed by atoms with E-state index in [1.807, 2.05) is 25.1 Å². The topological polar surface area (TPSA) is 80.9 Å². The second-order valence-electron chi connectivity index (χ2n) is 6.44. The number of nitrogens with zero attached hydrogens (tertiary/aromatic N) is 3. The number of amides is 1. The van der Waals surface area contributed by atoms with Gasteiger partial charge >= 0.3 is 6.43 Å². The van der Waals surface area contributed by atoms with E-state index in [2.05, 4.69) is 25.0 Å². The highest BCUT2D eigenvalue weighted by molar-refractivity contribution is 5.96. The maximum atomic E-state index is 12.7. The first-order valence-corrected chi connectivity index (χ1v) is 8.50. The molecule has 1 atom stereocenters. The number of pyridine rings is 1.